The van der Waals surface area contributed by atoms with Crippen LogP contribution in [0, 0.1) is 0 Å². The maximum Gasteiger partial charge on any atom is 0.306 e. The van der Waals surface area contributed by atoms with Crippen LogP contribution in [-0.2, 0) is 28.6 Å². The van der Waals surface area contributed by atoms with Crippen molar-refractivity contribution in [2.24, 2.45) is 0 Å². The molecule has 0 aliphatic rings. The number of hydrogen-bond acceptors (Lipinski definition) is 6. The van der Waals surface area contributed by atoms with Crippen molar-refractivity contribution >= 4 is 17.9 Å². The number of esters is 3. The first-order valence-electron chi connectivity index (χ1n) is 35.6. The summed E-state index contributed by atoms with van der Waals surface area (Å²) in [5.41, 5.74) is 0. The molecule has 0 N–H and O–H groups in total. The Morgan fingerprint density at radius 2 is 0.476 bits per heavy atom. The Hall–Kier alpha value is -3.41. The molecule has 6 nitrogen and oxygen atoms in total. The molecule has 0 rings (SSSR count). The molecule has 0 bridgehead atoms. The monoisotopic (exact) mass is 1140 g/mol. The molecular formula is C76H134O6. The first-order valence-corrected chi connectivity index (χ1v) is 35.6. The van der Waals surface area contributed by atoms with Crippen LogP contribution in [0.1, 0.15) is 361 Å². The molecule has 0 heterocycles. The summed E-state index contributed by atoms with van der Waals surface area (Å²) in [4.78, 5) is 38.5. The summed E-state index contributed by atoms with van der Waals surface area (Å²) < 4.78 is 17.0. The van der Waals surface area contributed by atoms with E-state index in [-0.39, 0.29) is 31.1 Å². The van der Waals surface area contributed by atoms with Crippen molar-refractivity contribution in [3.63, 3.8) is 0 Å². The Morgan fingerprint density at radius 1 is 0.256 bits per heavy atom. The number of carbonyl (C=O) groups is 3. The van der Waals surface area contributed by atoms with Gasteiger partial charge in [0.15, 0.2) is 6.10 Å². The molecule has 1 atom stereocenters. The maximum atomic E-state index is 13.0. The Kier molecular flexibility index (Phi) is 67.2. The number of unbranched alkanes of at least 4 members (excludes halogenated alkanes) is 40. The SMILES string of the molecule is CC/C=C\C/C=C\C/C=C\C/C=C\C/C=C\C/C=C\CCCCCCCCC(=O)OCC(COC(=O)CCCCCCC/C=C\CCCCCCCC)OC(=O)CCCCCCCCCCCCCCCCCCCCCCCCCC. The summed E-state index contributed by atoms with van der Waals surface area (Å²) in [5.74, 6) is -0.885. The third kappa shape index (κ3) is 67.4. The first kappa shape index (κ1) is 78.6. The fourth-order valence-electron chi connectivity index (χ4n) is 10.3. The molecule has 1 unspecified atom stereocenters. The summed E-state index contributed by atoms with van der Waals surface area (Å²) in [5, 5.41) is 0. The number of allylic oxidation sites excluding steroid dienone is 14. The quantitative estimate of drug-likeness (QED) is 0.0261. The van der Waals surface area contributed by atoms with Gasteiger partial charge in [0.05, 0.1) is 0 Å². The molecule has 0 spiro atoms. The van der Waals surface area contributed by atoms with Gasteiger partial charge in [-0.15, -0.1) is 0 Å². The lowest BCUT2D eigenvalue weighted by atomic mass is 10.0. The van der Waals surface area contributed by atoms with Crippen LogP contribution in [0.15, 0.2) is 85.1 Å². The molecule has 0 saturated heterocycles. The summed E-state index contributed by atoms with van der Waals surface area (Å²) >= 11 is 0. The van der Waals surface area contributed by atoms with Crippen LogP contribution < -0.4 is 0 Å². The minimum atomic E-state index is -0.787. The molecule has 474 valence electrons. The van der Waals surface area contributed by atoms with E-state index in [2.05, 4.69) is 106 Å². The second-order valence-electron chi connectivity index (χ2n) is 23.8. The Labute approximate surface area is 509 Å². The van der Waals surface area contributed by atoms with Gasteiger partial charge in [-0.05, 0) is 96.3 Å². The molecule has 0 amide bonds. The highest BCUT2D eigenvalue weighted by atomic mass is 16.6. The number of hydrogen-bond donors (Lipinski definition) is 0. The van der Waals surface area contributed by atoms with Gasteiger partial charge >= 0.3 is 17.9 Å². The van der Waals surface area contributed by atoms with Crippen molar-refractivity contribution in [1.29, 1.82) is 0 Å². The van der Waals surface area contributed by atoms with Gasteiger partial charge in [-0.2, -0.15) is 0 Å². The molecule has 6 heteroatoms. The highest BCUT2D eigenvalue weighted by Gasteiger charge is 2.19. The molecule has 0 aliphatic heterocycles. The van der Waals surface area contributed by atoms with Gasteiger partial charge in [0, 0.05) is 19.3 Å². The van der Waals surface area contributed by atoms with Gasteiger partial charge in [-0.25, -0.2) is 0 Å². The van der Waals surface area contributed by atoms with Crippen LogP contribution in [0.2, 0.25) is 0 Å². The predicted octanol–water partition coefficient (Wildman–Crippen LogP) is 24.6. The lowest BCUT2D eigenvalue weighted by Crippen LogP contribution is -2.30. The second kappa shape index (κ2) is 70.1. The minimum absolute atomic E-state index is 0.0824. The van der Waals surface area contributed by atoms with E-state index in [1.165, 1.54) is 205 Å². The smallest absolute Gasteiger partial charge is 0.306 e. The molecule has 0 aromatic rings. The molecule has 0 aliphatic carbocycles. The van der Waals surface area contributed by atoms with Gasteiger partial charge in [-0.1, -0.05) is 331 Å². The van der Waals surface area contributed by atoms with Gasteiger partial charge in [-0.3, -0.25) is 14.4 Å². The van der Waals surface area contributed by atoms with Crippen molar-refractivity contribution in [3.8, 4) is 0 Å². The van der Waals surface area contributed by atoms with Crippen LogP contribution in [0.5, 0.6) is 0 Å². The van der Waals surface area contributed by atoms with Crippen molar-refractivity contribution in [1.82, 2.24) is 0 Å². The lowest BCUT2D eigenvalue weighted by molar-refractivity contribution is -0.167. The normalized spacial score (nSPS) is 12.6. The topological polar surface area (TPSA) is 78.9 Å². The van der Waals surface area contributed by atoms with E-state index in [0.717, 1.165) is 116 Å². The van der Waals surface area contributed by atoms with Gasteiger partial charge in [0.2, 0.25) is 0 Å². The highest BCUT2D eigenvalue weighted by molar-refractivity contribution is 5.71. The zero-order valence-corrected chi connectivity index (χ0v) is 54.5. The van der Waals surface area contributed by atoms with E-state index in [1.54, 1.807) is 0 Å². The van der Waals surface area contributed by atoms with Crippen molar-refractivity contribution < 1.29 is 28.6 Å². The van der Waals surface area contributed by atoms with E-state index in [1.807, 2.05) is 0 Å². The van der Waals surface area contributed by atoms with Crippen molar-refractivity contribution in [2.45, 2.75) is 367 Å². The Bertz CT molecular complexity index is 1550. The average molecular weight is 1140 g/mol. The predicted molar refractivity (Wildman–Crippen MR) is 358 cm³/mol. The van der Waals surface area contributed by atoms with Gasteiger partial charge in [0.25, 0.3) is 0 Å². The maximum absolute atomic E-state index is 13.0. The fraction of sp³-hybridized carbons (Fsp3) is 0.776. The van der Waals surface area contributed by atoms with E-state index < -0.39 is 6.10 Å². The molecular weight excluding hydrogens is 1010 g/mol. The minimum Gasteiger partial charge on any atom is -0.462 e. The van der Waals surface area contributed by atoms with Crippen molar-refractivity contribution in [2.75, 3.05) is 13.2 Å². The fourth-order valence-corrected chi connectivity index (χ4v) is 10.3. The molecule has 0 aromatic heterocycles. The van der Waals surface area contributed by atoms with Crippen LogP contribution >= 0.6 is 0 Å². The largest absolute Gasteiger partial charge is 0.462 e. The second-order valence-corrected chi connectivity index (χ2v) is 23.8. The van der Waals surface area contributed by atoms with E-state index in [0.29, 0.717) is 19.3 Å². The highest BCUT2D eigenvalue weighted by Crippen LogP contribution is 2.18. The van der Waals surface area contributed by atoms with Crippen LogP contribution in [0.3, 0.4) is 0 Å². The number of ether oxygens (including phenoxy) is 3. The van der Waals surface area contributed by atoms with Crippen LogP contribution in [0.4, 0.5) is 0 Å². The summed E-state index contributed by atoms with van der Waals surface area (Å²) in [6.45, 7) is 6.56. The summed E-state index contributed by atoms with van der Waals surface area (Å²) in [7, 11) is 0. The van der Waals surface area contributed by atoms with Crippen molar-refractivity contribution in [3.05, 3.63) is 85.1 Å². The summed E-state index contributed by atoms with van der Waals surface area (Å²) in [6.07, 6.45) is 93.2. The first-order chi connectivity index (χ1) is 40.5. The lowest BCUT2D eigenvalue weighted by Gasteiger charge is -2.18. The molecule has 0 aromatic carbocycles. The summed E-state index contributed by atoms with van der Waals surface area (Å²) in [6, 6.07) is 0. The molecule has 0 fully saturated rings. The molecule has 0 radical (unpaired) electrons. The van der Waals surface area contributed by atoms with E-state index in [4.69, 9.17) is 14.2 Å². The third-order valence-electron chi connectivity index (χ3n) is 15.6. The molecule has 82 heavy (non-hydrogen) atoms. The Balaban J connectivity index is 4.35. The van der Waals surface area contributed by atoms with Gasteiger partial charge in [0.1, 0.15) is 13.2 Å². The zero-order valence-electron chi connectivity index (χ0n) is 54.5. The average Bonchev–Trinajstić information content (AvgIpc) is 3.47. The third-order valence-corrected chi connectivity index (χ3v) is 15.6. The number of rotatable bonds is 65. The zero-order chi connectivity index (χ0) is 59.2. The molecule has 0 saturated carbocycles. The van der Waals surface area contributed by atoms with E-state index >= 15 is 0 Å². The van der Waals surface area contributed by atoms with Gasteiger partial charge < -0.3 is 14.2 Å². The van der Waals surface area contributed by atoms with E-state index in [9.17, 15) is 14.4 Å². The number of carbonyl (C=O) groups excluding carboxylic acids is 3. The van der Waals surface area contributed by atoms with Crippen LogP contribution in [0.25, 0.3) is 0 Å². The Morgan fingerprint density at radius 3 is 0.756 bits per heavy atom. The van der Waals surface area contributed by atoms with Crippen LogP contribution in [-0.4, -0.2) is 37.2 Å². The standard InChI is InChI=1S/C76H134O6/c1-4-7-10-13-16-19-22-25-28-30-32-34-36-38-40-41-43-45-48-51-54-57-60-63-66-69-75(78)81-72-73(71-80-74(77)68-65-62-59-56-53-50-47-27-24-21-18-15-12-9-6-3)82-76(79)70-67-64-61-58-55-52-49-46-44-42-39-37-35-33-31-29-26-23-20-17-14-11-8-5-2/h7,10,16,19,25,27-28,32,34,38,40,43,45,47,73H,4-6,8-9,11-15,17-18,20-24,26,29-31,33,35-37,39,41-42,44,46,48-72H2,1-3H3/b10-7-,19-16-,28-25-,34-32-,40-38-,45-43-,47-27-.